The van der Waals surface area contributed by atoms with Crippen molar-refractivity contribution in [2.45, 2.75) is 37.6 Å². The Morgan fingerprint density at radius 2 is 2.00 bits per heavy atom. The minimum atomic E-state index is -0.0968. The van der Waals surface area contributed by atoms with Crippen LogP contribution in [0.3, 0.4) is 0 Å². The largest absolute Gasteiger partial charge is 0.372 e. The maximum absolute atomic E-state index is 6.24. The molecule has 68 valence electrons. The van der Waals surface area contributed by atoms with Crippen LogP contribution in [0.2, 0.25) is 0 Å². The molecule has 2 aliphatic rings. The molecule has 0 aromatic heterocycles. The lowest BCUT2D eigenvalue weighted by molar-refractivity contribution is 0.548. The first-order valence-electron chi connectivity index (χ1n) is 4.89. The first-order valence-corrected chi connectivity index (χ1v) is 4.89. The zero-order chi connectivity index (χ0) is 8.44. The van der Waals surface area contributed by atoms with Crippen molar-refractivity contribution in [3.63, 3.8) is 0 Å². The monoisotopic (exact) mass is 167 g/mol. The highest BCUT2D eigenvalue weighted by atomic mass is 15.1. The van der Waals surface area contributed by atoms with Crippen molar-refractivity contribution in [1.29, 1.82) is 0 Å². The second-order valence-corrected chi connectivity index (χ2v) is 3.87. The van der Waals surface area contributed by atoms with Crippen molar-refractivity contribution in [1.82, 2.24) is 5.32 Å². The van der Waals surface area contributed by atoms with E-state index in [4.69, 9.17) is 5.73 Å². The third kappa shape index (κ3) is 1.33. The van der Waals surface area contributed by atoms with E-state index >= 15 is 0 Å². The Morgan fingerprint density at radius 1 is 1.25 bits per heavy atom. The number of hydrogen-bond acceptors (Lipinski definition) is 3. The zero-order valence-corrected chi connectivity index (χ0v) is 7.47. The van der Waals surface area contributed by atoms with Crippen LogP contribution >= 0.6 is 0 Å². The molecule has 1 aliphatic carbocycles. The second kappa shape index (κ2) is 3.05. The number of rotatable bonds is 1. The fraction of sp³-hybridized carbons (Fsp3) is 0.889. The summed E-state index contributed by atoms with van der Waals surface area (Å²) in [6.07, 6.45) is 5.89. The molecule has 3 nitrogen and oxygen atoms in total. The van der Waals surface area contributed by atoms with Gasteiger partial charge in [-0.15, -0.1) is 0 Å². The molecular weight excluding hydrogens is 150 g/mol. The van der Waals surface area contributed by atoms with E-state index in [1.165, 1.54) is 12.8 Å². The number of nitrogens with one attached hydrogen (secondary N) is 1. The van der Waals surface area contributed by atoms with Crippen molar-refractivity contribution in [2.24, 2.45) is 10.7 Å². The molecular formula is C9H17N3. The van der Waals surface area contributed by atoms with E-state index in [0.717, 1.165) is 38.2 Å². The number of aliphatic imine (C=N–C) groups is 1. The lowest BCUT2D eigenvalue weighted by Crippen LogP contribution is -2.53. The van der Waals surface area contributed by atoms with Crippen molar-refractivity contribution < 1.29 is 0 Å². The summed E-state index contributed by atoms with van der Waals surface area (Å²) >= 11 is 0. The third-order valence-electron chi connectivity index (χ3n) is 2.86. The molecule has 0 radical (unpaired) electrons. The van der Waals surface area contributed by atoms with E-state index in [0.29, 0.717) is 0 Å². The summed E-state index contributed by atoms with van der Waals surface area (Å²) in [6.45, 7) is 2.01. The van der Waals surface area contributed by atoms with Gasteiger partial charge in [0.15, 0.2) is 0 Å². The molecule has 12 heavy (non-hydrogen) atoms. The predicted molar refractivity (Wildman–Crippen MR) is 50.3 cm³/mol. The molecule has 1 saturated carbocycles. The maximum Gasteiger partial charge on any atom is 0.117 e. The first-order chi connectivity index (χ1) is 5.81. The third-order valence-corrected chi connectivity index (χ3v) is 2.86. The van der Waals surface area contributed by atoms with Crippen LogP contribution in [-0.4, -0.2) is 24.5 Å². The van der Waals surface area contributed by atoms with Crippen molar-refractivity contribution in [3.05, 3.63) is 0 Å². The lowest BCUT2D eigenvalue weighted by atomic mass is 9.96. The smallest absolute Gasteiger partial charge is 0.117 e. The quantitative estimate of drug-likeness (QED) is 0.602. The Balaban J connectivity index is 2.10. The number of nitrogens with zero attached hydrogens (tertiary/aromatic N) is 1. The second-order valence-electron chi connectivity index (χ2n) is 3.87. The molecule has 3 heteroatoms. The maximum atomic E-state index is 6.24. The van der Waals surface area contributed by atoms with E-state index in [9.17, 15) is 0 Å². The van der Waals surface area contributed by atoms with E-state index in [1.807, 2.05) is 0 Å². The highest BCUT2D eigenvalue weighted by Gasteiger charge is 2.35. The van der Waals surface area contributed by atoms with Gasteiger partial charge in [-0.25, -0.2) is 0 Å². The Labute approximate surface area is 73.4 Å². The van der Waals surface area contributed by atoms with Gasteiger partial charge >= 0.3 is 0 Å². The minimum absolute atomic E-state index is 0.0968. The van der Waals surface area contributed by atoms with Crippen LogP contribution in [0.5, 0.6) is 0 Å². The summed E-state index contributed by atoms with van der Waals surface area (Å²) in [6, 6.07) is 0. The average Bonchev–Trinajstić information content (AvgIpc) is 2.55. The van der Waals surface area contributed by atoms with Crippen LogP contribution in [0.4, 0.5) is 0 Å². The van der Waals surface area contributed by atoms with E-state index < -0.39 is 0 Å². The molecule has 0 aromatic carbocycles. The van der Waals surface area contributed by atoms with Crippen molar-refractivity contribution >= 4 is 5.84 Å². The number of amidine groups is 1. The van der Waals surface area contributed by atoms with Gasteiger partial charge < -0.3 is 11.1 Å². The van der Waals surface area contributed by atoms with E-state index in [-0.39, 0.29) is 5.54 Å². The van der Waals surface area contributed by atoms with Gasteiger partial charge in [0, 0.05) is 13.1 Å². The standard InChI is InChI=1S/C9H17N3/c10-9(4-1-2-5-9)8-11-6-3-7-12-8/h1-7,10H2,(H,11,12). The molecule has 0 saturated heterocycles. The molecule has 0 bridgehead atoms. The highest BCUT2D eigenvalue weighted by molar-refractivity contribution is 5.92. The van der Waals surface area contributed by atoms with Crippen LogP contribution in [0.15, 0.2) is 4.99 Å². The van der Waals surface area contributed by atoms with Gasteiger partial charge in [0.05, 0.1) is 5.54 Å². The topological polar surface area (TPSA) is 50.4 Å². The molecule has 0 atom stereocenters. The molecule has 0 unspecified atom stereocenters. The molecule has 1 heterocycles. The van der Waals surface area contributed by atoms with Gasteiger partial charge in [-0.3, -0.25) is 4.99 Å². The highest BCUT2D eigenvalue weighted by Crippen LogP contribution is 2.28. The van der Waals surface area contributed by atoms with Crippen molar-refractivity contribution in [3.8, 4) is 0 Å². The number of nitrogens with two attached hydrogens (primary N) is 1. The van der Waals surface area contributed by atoms with E-state index in [1.54, 1.807) is 0 Å². The van der Waals surface area contributed by atoms with Crippen LogP contribution in [0, 0.1) is 0 Å². The summed E-state index contributed by atoms with van der Waals surface area (Å²) < 4.78 is 0. The Morgan fingerprint density at radius 3 is 2.58 bits per heavy atom. The van der Waals surface area contributed by atoms with Crippen LogP contribution in [0.1, 0.15) is 32.1 Å². The SMILES string of the molecule is NC1(C2=NCCCN2)CCCC1. The van der Waals surface area contributed by atoms with Gasteiger partial charge in [0.25, 0.3) is 0 Å². The molecule has 1 aliphatic heterocycles. The van der Waals surface area contributed by atoms with Gasteiger partial charge in [-0.1, -0.05) is 12.8 Å². The molecule has 0 amide bonds. The minimum Gasteiger partial charge on any atom is -0.372 e. The van der Waals surface area contributed by atoms with Gasteiger partial charge in [-0.2, -0.15) is 0 Å². The summed E-state index contributed by atoms with van der Waals surface area (Å²) in [5, 5.41) is 3.33. The summed E-state index contributed by atoms with van der Waals surface area (Å²) in [5.74, 6) is 1.08. The van der Waals surface area contributed by atoms with Crippen LogP contribution in [0.25, 0.3) is 0 Å². The molecule has 0 spiro atoms. The van der Waals surface area contributed by atoms with Gasteiger partial charge in [0.1, 0.15) is 5.84 Å². The normalized spacial score (nSPS) is 27.9. The molecule has 1 fully saturated rings. The Hall–Kier alpha value is -0.570. The summed E-state index contributed by atoms with van der Waals surface area (Å²) in [5.41, 5.74) is 6.14. The summed E-state index contributed by atoms with van der Waals surface area (Å²) in [4.78, 5) is 4.46. The Kier molecular flexibility index (Phi) is 2.05. The zero-order valence-electron chi connectivity index (χ0n) is 7.47. The lowest BCUT2D eigenvalue weighted by Gasteiger charge is -2.29. The van der Waals surface area contributed by atoms with Gasteiger partial charge in [-0.05, 0) is 19.3 Å². The van der Waals surface area contributed by atoms with Crippen molar-refractivity contribution in [2.75, 3.05) is 13.1 Å². The van der Waals surface area contributed by atoms with Crippen LogP contribution in [-0.2, 0) is 0 Å². The summed E-state index contributed by atoms with van der Waals surface area (Å²) in [7, 11) is 0. The van der Waals surface area contributed by atoms with Crippen LogP contribution < -0.4 is 11.1 Å². The average molecular weight is 167 g/mol. The Bertz CT molecular complexity index is 192. The number of hydrogen-bond donors (Lipinski definition) is 2. The molecule has 3 N–H and O–H groups in total. The molecule has 2 rings (SSSR count). The fourth-order valence-corrected chi connectivity index (χ4v) is 2.11. The first kappa shape index (κ1) is 8.05. The fourth-order valence-electron chi connectivity index (χ4n) is 2.11. The predicted octanol–water partition coefficient (Wildman–Crippen LogP) is 0.650. The van der Waals surface area contributed by atoms with E-state index in [2.05, 4.69) is 10.3 Å². The molecule has 0 aromatic rings. The van der Waals surface area contributed by atoms with Gasteiger partial charge in [0.2, 0.25) is 0 Å².